The summed E-state index contributed by atoms with van der Waals surface area (Å²) < 4.78 is 5.58. The van der Waals surface area contributed by atoms with Crippen LogP contribution in [0.1, 0.15) is 43.9 Å². The first-order chi connectivity index (χ1) is 16.5. The van der Waals surface area contributed by atoms with Gasteiger partial charge in [-0.1, -0.05) is 79.0 Å². The fourth-order valence-electron chi connectivity index (χ4n) is 3.83. The van der Waals surface area contributed by atoms with Crippen LogP contribution in [-0.2, 0) is 12.8 Å². The predicted octanol–water partition coefficient (Wildman–Crippen LogP) is 8.60. The molecule has 6 heteroatoms. The van der Waals surface area contributed by atoms with Gasteiger partial charge in [-0.05, 0) is 55.4 Å². The van der Waals surface area contributed by atoms with E-state index in [-0.39, 0.29) is 0 Å². The minimum Gasteiger partial charge on any atom is -0.495 e. The number of hydrogen-bond acceptors (Lipinski definition) is 4. The quantitative estimate of drug-likeness (QED) is 0.354. The van der Waals surface area contributed by atoms with Gasteiger partial charge in [0.25, 0.3) is 0 Å². The fraction of sp³-hybridized carbons (Fsp3) is 0.286. The van der Waals surface area contributed by atoms with Crippen LogP contribution < -0.4 is 4.74 Å². The van der Waals surface area contributed by atoms with Crippen molar-refractivity contribution in [3.8, 4) is 5.75 Å². The molecule has 34 heavy (non-hydrogen) atoms. The average Bonchev–Trinajstić information content (AvgIpc) is 2.85. The van der Waals surface area contributed by atoms with Gasteiger partial charge in [-0.25, -0.2) is 4.99 Å². The van der Waals surface area contributed by atoms with Crippen molar-refractivity contribution in [1.29, 1.82) is 0 Å². The van der Waals surface area contributed by atoms with Crippen LogP contribution >= 0.6 is 35.0 Å². The molecule has 0 aromatic heterocycles. The lowest BCUT2D eigenvalue weighted by Crippen LogP contribution is -2.22. The van der Waals surface area contributed by atoms with Gasteiger partial charge in [-0.3, -0.25) is 4.99 Å². The molecule has 0 spiro atoms. The number of aliphatic imine (C=N–C) groups is 2. The van der Waals surface area contributed by atoms with E-state index in [0.717, 1.165) is 51.7 Å². The smallest absolute Gasteiger partial charge is 0.138 e. The molecule has 2 aromatic rings. The topological polar surface area (TPSA) is 34.0 Å². The van der Waals surface area contributed by atoms with Gasteiger partial charge in [0.15, 0.2) is 0 Å². The third-order valence-corrected chi connectivity index (χ3v) is 7.09. The minimum atomic E-state index is 0.468. The molecule has 0 saturated heterocycles. The number of benzene rings is 2. The molecule has 1 heterocycles. The molecule has 3 nitrogen and oxygen atoms in total. The number of nitrogens with zero attached hydrogens (tertiary/aromatic N) is 2. The normalized spacial score (nSPS) is 16.6. The second kappa shape index (κ2) is 12.4. The number of halogens is 2. The summed E-state index contributed by atoms with van der Waals surface area (Å²) in [6, 6.07) is 12.2. The van der Waals surface area contributed by atoms with E-state index in [1.807, 2.05) is 56.5 Å². The van der Waals surface area contributed by atoms with Crippen molar-refractivity contribution < 1.29 is 4.74 Å². The lowest BCUT2D eigenvalue weighted by Gasteiger charge is -2.21. The van der Waals surface area contributed by atoms with E-state index in [9.17, 15) is 0 Å². The number of thioether (sulfide) groups is 1. The monoisotopic (exact) mass is 512 g/mol. The highest BCUT2D eigenvalue weighted by Crippen LogP contribution is 2.42. The Morgan fingerprint density at radius 1 is 1.15 bits per heavy atom. The van der Waals surface area contributed by atoms with Crippen molar-refractivity contribution in [2.45, 2.75) is 40.0 Å². The van der Waals surface area contributed by atoms with Crippen molar-refractivity contribution in [3.63, 3.8) is 0 Å². The summed E-state index contributed by atoms with van der Waals surface area (Å²) in [5.74, 6) is 0.602. The van der Waals surface area contributed by atoms with Gasteiger partial charge < -0.3 is 4.74 Å². The molecule has 0 atom stereocenters. The zero-order valence-electron chi connectivity index (χ0n) is 20.3. The number of rotatable bonds is 8. The first-order valence-corrected chi connectivity index (χ1v) is 13.3. The number of allylic oxidation sites excluding steroid dienone is 4. The molecule has 0 fully saturated rings. The molecule has 3 rings (SSSR count). The number of hydrogen-bond donors (Lipinski definition) is 0. The molecular weight excluding hydrogens is 483 g/mol. The van der Waals surface area contributed by atoms with Gasteiger partial charge in [0.2, 0.25) is 0 Å². The molecule has 0 unspecified atom stereocenters. The molecule has 0 radical (unpaired) electrons. The van der Waals surface area contributed by atoms with Crippen LogP contribution in [0.15, 0.2) is 75.2 Å². The molecule has 0 amide bonds. The van der Waals surface area contributed by atoms with E-state index < -0.39 is 0 Å². The van der Waals surface area contributed by atoms with Crippen LogP contribution in [0.4, 0.5) is 0 Å². The minimum absolute atomic E-state index is 0.468. The highest BCUT2D eigenvalue weighted by Gasteiger charge is 2.25. The number of methoxy groups -OCH3 is 1. The average molecular weight is 514 g/mol. The maximum absolute atomic E-state index is 6.91. The first kappa shape index (κ1) is 26.3. The molecule has 178 valence electrons. The van der Waals surface area contributed by atoms with Crippen LogP contribution in [-0.4, -0.2) is 24.8 Å². The zero-order valence-corrected chi connectivity index (χ0v) is 22.6. The Bertz CT molecular complexity index is 1190. The van der Waals surface area contributed by atoms with E-state index in [1.165, 1.54) is 0 Å². The molecule has 0 saturated carbocycles. The Balaban J connectivity index is 2.25. The van der Waals surface area contributed by atoms with E-state index in [2.05, 4.69) is 25.1 Å². The van der Waals surface area contributed by atoms with E-state index in [4.69, 9.17) is 37.9 Å². The maximum atomic E-state index is 6.91. The highest BCUT2D eigenvalue weighted by atomic mass is 35.5. The Hall–Kier alpha value is -2.27. The van der Waals surface area contributed by atoms with Gasteiger partial charge in [0.1, 0.15) is 5.75 Å². The van der Waals surface area contributed by atoms with Gasteiger partial charge in [0.05, 0.1) is 39.3 Å². The summed E-state index contributed by atoms with van der Waals surface area (Å²) in [6.07, 6.45) is 10.5. The molecular formula is C28H30Cl2N2OS. The molecule has 1 aliphatic heterocycles. The SMILES string of the molecule is C/C=C(/N=C1/C(Cc2ccccc2)=NC(c2c(Cl)c(CCC)cc(OC)c2Cl)=C/C1=C/C)SC. The maximum Gasteiger partial charge on any atom is 0.138 e. The zero-order chi connectivity index (χ0) is 24.7. The lowest BCUT2D eigenvalue weighted by atomic mass is 9.93. The van der Waals surface area contributed by atoms with E-state index in [0.29, 0.717) is 27.8 Å². The van der Waals surface area contributed by atoms with Crippen molar-refractivity contribution in [1.82, 2.24) is 0 Å². The van der Waals surface area contributed by atoms with Gasteiger partial charge >= 0.3 is 0 Å². The van der Waals surface area contributed by atoms with Crippen molar-refractivity contribution in [2.24, 2.45) is 9.98 Å². The molecule has 1 aliphatic rings. The van der Waals surface area contributed by atoms with Gasteiger partial charge in [0, 0.05) is 12.0 Å². The molecule has 0 aliphatic carbocycles. The van der Waals surface area contributed by atoms with Crippen LogP contribution in [0, 0.1) is 0 Å². The fourth-order valence-corrected chi connectivity index (χ4v) is 4.96. The number of ether oxygens (including phenoxy) is 1. The van der Waals surface area contributed by atoms with Crippen LogP contribution in [0.3, 0.4) is 0 Å². The van der Waals surface area contributed by atoms with Crippen molar-refractivity contribution in [2.75, 3.05) is 13.4 Å². The summed E-state index contributed by atoms with van der Waals surface area (Å²) >= 11 is 15.3. The van der Waals surface area contributed by atoms with Crippen molar-refractivity contribution in [3.05, 3.63) is 92.0 Å². The molecule has 0 bridgehead atoms. The van der Waals surface area contributed by atoms with Gasteiger partial charge in [-0.15, -0.1) is 11.8 Å². The molecule has 0 N–H and O–H groups in total. The lowest BCUT2D eigenvalue weighted by molar-refractivity contribution is 0.414. The summed E-state index contributed by atoms with van der Waals surface area (Å²) in [4.78, 5) is 10.1. The molecule has 2 aromatic carbocycles. The van der Waals surface area contributed by atoms with E-state index >= 15 is 0 Å². The van der Waals surface area contributed by atoms with Crippen molar-refractivity contribution >= 4 is 52.1 Å². The Morgan fingerprint density at radius 3 is 2.47 bits per heavy atom. The third-order valence-electron chi connectivity index (χ3n) is 5.54. The largest absolute Gasteiger partial charge is 0.495 e. The predicted molar refractivity (Wildman–Crippen MR) is 151 cm³/mol. The summed E-state index contributed by atoms with van der Waals surface area (Å²) in [5, 5.41) is 2.03. The van der Waals surface area contributed by atoms with Crippen LogP contribution in [0.25, 0.3) is 5.70 Å². The van der Waals surface area contributed by atoms with E-state index in [1.54, 1.807) is 18.9 Å². The first-order valence-electron chi connectivity index (χ1n) is 11.3. The Kier molecular flexibility index (Phi) is 9.63. The summed E-state index contributed by atoms with van der Waals surface area (Å²) in [7, 11) is 1.62. The Labute approximate surface area is 217 Å². The Morgan fingerprint density at radius 2 is 1.88 bits per heavy atom. The number of aryl methyl sites for hydroxylation is 1. The highest BCUT2D eigenvalue weighted by molar-refractivity contribution is 8.02. The summed E-state index contributed by atoms with van der Waals surface area (Å²) in [5.41, 5.74) is 6.30. The van der Waals surface area contributed by atoms with Crippen LogP contribution in [0.2, 0.25) is 10.0 Å². The second-order valence-corrected chi connectivity index (χ2v) is 9.36. The summed E-state index contributed by atoms with van der Waals surface area (Å²) in [6.45, 7) is 6.13. The third kappa shape index (κ3) is 5.86. The second-order valence-electron chi connectivity index (χ2n) is 7.78. The standard InChI is InChI=1S/C28H30Cl2N2OS/c1-6-12-20-17-23(33-4)27(30)25(26(20)29)21-16-19(7-2)28(32-24(8-3)34-5)22(31-21)15-18-13-10-9-11-14-18/h7-11,13-14,16-17H,6,12,15H2,1-5H3/b19-7-,24-8-,32-28+. The van der Waals surface area contributed by atoms with Gasteiger partial charge in [-0.2, -0.15) is 0 Å². The van der Waals surface area contributed by atoms with Crippen LogP contribution in [0.5, 0.6) is 5.75 Å².